The van der Waals surface area contributed by atoms with Crippen LogP contribution in [-0.4, -0.2) is 24.1 Å². The third-order valence-corrected chi connectivity index (χ3v) is 5.05. The summed E-state index contributed by atoms with van der Waals surface area (Å²) in [5, 5.41) is 3.17. The Morgan fingerprint density at radius 3 is 2.89 bits per heavy atom. The highest BCUT2D eigenvalue weighted by Gasteiger charge is 2.25. The smallest absolute Gasteiger partial charge is 0.253 e. The second-order valence-electron chi connectivity index (χ2n) is 6.86. The van der Waals surface area contributed by atoms with Gasteiger partial charge >= 0.3 is 0 Å². The molecule has 0 spiro atoms. The van der Waals surface area contributed by atoms with E-state index in [4.69, 9.17) is 9.47 Å². The molecule has 1 atom stereocenters. The van der Waals surface area contributed by atoms with Gasteiger partial charge in [0.15, 0.2) is 0 Å². The Hall–Kier alpha value is -3.21. The molecule has 1 aliphatic rings. The van der Waals surface area contributed by atoms with Crippen molar-refractivity contribution in [1.29, 1.82) is 0 Å². The molecule has 0 saturated heterocycles. The summed E-state index contributed by atoms with van der Waals surface area (Å²) in [6.07, 6.45) is 2.52. The number of aryl methyl sites for hydroxylation is 1. The summed E-state index contributed by atoms with van der Waals surface area (Å²) >= 11 is 0. The van der Waals surface area contributed by atoms with E-state index in [2.05, 4.69) is 16.4 Å². The third-order valence-electron chi connectivity index (χ3n) is 5.05. The average molecular weight is 376 g/mol. The zero-order valence-corrected chi connectivity index (χ0v) is 16.1. The maximum absolute atomic E-state index is 12.7. The Labute approximate surface area is 164 Å². The van der Waals surface area contributed by atoms with E-state index in [-0.39, 0.29) is 11.9 Å². The minimum Gasteiger partial charge on any atom is -0.493 e. The fraction of sp³-hybridized carbons (Fsp3) is 0.261. The Morgan fingerprint density at radius 1 is 1.25 bits per heavy atom. The van der Waals surface area contributed by atoms with Crippen LogP contribution in [0.2, 0.25) is 0 Å². The predicted molar refractivity (Wildman–Crippen MR) is 109 cm³/mol. The first-order valence-electron chi connectivity index (χ1n) is 9.61. The summed E-state index contributed by atoms with van der Waals surface area (Å²) in [4.78, 5) is 15.8. The largest absolute Gasteiger partial charge is 0.493 e. The zero-order chi connectivity index (χ0) is 19.5. The number of carbonyl (C=O) groups is 1. The van der Waals surface area contributed by atoms with Crippen molar-refractivity contribution in [2.24, 2.45) is 0 Å². The topological polar surface area (TPSA) is 63.3 Å². The first-order chi connectivity index (χ1) is 13.7. The molecule has 144 valence electrons. The zero-order valence-electron chi connectivity index (χ0n) is 16.1. The molecule has 1 aliphatic heterocycles. The van der Waals surface area contributed by atoms with Crippen LogP contribution in [0.25, 0.3) is 11.1 Å². The summed E-state index contributed by atoms with van der Waals surface area (Å²) in [5.41, 5.74) is 4.61. The van der Waals surface area contributed by atoms with E-state index in [0.29, 0.717) is 18.8 Å². The molecule has 5 nitrogen and oxygen atoms in total. The van der Waals surface area contributed by atoms with Gasteiger partial charge in [0.05, 0.1) is 24.8 Å². The second kappa shape index (κ2) is 7.80. The normalized spacial score (nSPS) is 15.4. The van der Waals surface area contributed by atoms with Crippen LogP contribution in [-0.2, 0) is 0 Å². The van der Waals surface area contributed by atoms with Crippen molar-refractivity contribution < 1.29 is 14.3 Å². The molecule has 0 saturated carbocycles. The monoisotopic (exact) mass is 376 g/mol. The molecule has 3 aromatic rings. The van der Waals surface area contributed by atoms with E-state index in [9.17, 15) is 4.79 Å². The Balaban J connectivity index is 1.66. The molecule has 5 heteroatoms. The number of amides is 1. The van der Waals surface area contributed by atoms with Crippen LogP contribution < -0.4 is 14.8 Å². The Morgan fingerprint density at radius 2 is 2.11 bits per heavy atom. The number of H-pyrrole nitrogens is 1. The number of benzene rings is 2. The van der Waals surface area contributed by atoms with Crippen molar-refractivity contribution >= 4 is 5.91 Å². The van der Waals surface area contributed by atoms with Crippen molar-refractivity contribution in [2.75, 3.05) is 13.2 Å². The molecule has 2 heterocycles. The van der Waals surface area contributed by atoms with Gasteiger partial charge in [-0.2, -0.15) is 0 Å². The number of aromatic amines is 1. The van der Waals surface area contributed by atoms with Crippen molar-refractivity contribution in [2.45, 2.75) is 26.3 Å². The molecule has 0 aliphatic carbocycles. The lowest BCUT2D eigenvalue weighted by Crippen LogP contribution is -2.32. The highest BCUT2D eigenvalue weighted by atomic mass is 16.5. The molecular weight excluding hydrogens is 352 g/mol. The van der Waals surface area contributed by atoms with Gasteiger partial charge in [0, 0.05) is 29.4 Å². The summed E-state index contributed by atoms with van der Waals surface area (Å²) in [7, 11) is 0. The minimum absolute atomic E-state index is 0.0725. The quantitative estimate of drug-likeness (QED) is 0.682. The number of hydrogen-bond acceptors (Lipinski definition) is 3. The van der Waals surface area contributed by atoms with E-state index >= 15 is 0 Å². The van der Waals surface area contributed by atoms with E-state index in [0.717, 1.165) is 40.3 Å². The molecule has 1 unspecified atom stereocenters. The maximum atomic E-state index is 12.7. The molecule has 2 aromatic carbocycles. The number of ether oxygens (including phenoxy) is 2. The van der Waals surface area contributed by atoms with Gasteiger partial charge in [-0.25, -0.2) is 0 Å². The highest BCUT2D eigenvalue weighted by molar-refractivity contribution is 5.95. The maximum Gasteiger partial charge on any atom is 0.253 e. The molecule has 28 heavy (non-hydrogen) atoms. The SMILES string of the molecule is CCOc1ccccc1-c1ccc2c(c1)C(NC(=O)c1cc[nH]c1C)CCO2. The average Bonchev–Trinajstić information content (AvgIpc) is 3.15. The van der Waals surface area contributed by atoms with E-state index in [1.54, 1.807) is 12.3 Å². The predicted octanol–water partition coefficient (Wildman–Crippen LogP) is 4.64. The van der Waals surface area contributed by atoms with Gasteiger partial charge in [-0.15, -0.1) is 0 Å². The van der Waals surface area contributed by atoms with Crippen LogP contribution in [0.3, 0.4) is 0 Å². The van der Waals surface area contributed by atoms with Crippen molar-refractivity contribution in [3.05, 3.63) is 71.5 Å². The van der Waals surface area contributed by atoms with Crippen LogP contribution in [0.5, 0.6) is 11.5 Å². The number of aromatic nitrogens is 1. The number of rotatable bonds is 5. The molecule has 0 radical (unpaired) electrons. The first kappa shape index (κ1) is 18.2. The fourth-order valence-electron chi connectivity index (χ4n) is 3.63. The summed E-state index contributed by atoms with van der Waals surface area (Å²) in [6, 6.07) is 15.8. The van der Waals surface area contributed by atoms with Gasteiger partial charge in [-0.05, 0) is 43.7 Å². The van der Waals surface area contributed by atoms with Gasteiger partial charge in [0.2, 0.25) is 0 Å². The number of para-hydroxylation sites is 1. The number of hydrogen-bond donors (Lipinski definition) is 2. The molecule has 2 N–H and O–H groups in total. The lowest BCUT2D eigenvalue weighted by Gasteiger charge is -2.27. The van der Waals surface area contributed by atoms with Crippen LogP contribution >= 0.6 is 0 Å². The van der Waals surface area contributed by atoms with Crippen LogP contribution in [0, 0.1) is 6.92 Å². The first-order valence-corrected chi connectivity index (χ1v) is 9.61. The lowest BCUT2D eigenvalue weighted by molar-refractivity contribution is 0.0924. The standard InChI is InChI=1S/C23H24N2O3/c1-3-27-21-7-5-4-6-18(21)16-8-9-22-19(14-16)20(11-13-28-22)25-23(26)17-10-12-24-15(17)2/h4-10,12,14,20,24H,3,11,13H2,1-2H3,(H,25,26). The van der Waals surface area contributed by atoms with E-state index < -0.39 is 0 Å². The van der Waals surface area contributed by atoms with Crippen LogP contribution in [0.1, 0.15) is 41.0 Å². The Kier molecular flexibility index (Phi) is 5.06. The summed E-state index contributed by atoms with van der Waals surface area (Å²) < 4.78 is 11.6. The molecule has 4 rings (SSSR count). The van der Waals surface area contributed by atoms with E-state index in [1.165, 1.54) is 0 Å². The fourth-order valence-corrected chi connectivity index (χ4v) is 3.63. The number of fused-ring (bicyclic) bond motifs is 1. The van der Waals surface area contributed by atoms with Gasteiger partial charge in [0.1, 0.15) is 11.5 Å². The van der Waals surface area contributed by atoms with Crippen molar-refractivity contribution in [1.82, 2.24) is 10.3 Å². The van der Waals surface area contributed by atoms with Crippen LogP contribution in [0.15, 0.2) is 54.7 Å². The van der Waals surface area contributed by atoms with Crippen LogP contribution in [0.4, 0.5) is 0 Å². The van der Waals surface area contributed by atoms with Crippen molar-refractivity contribution in [3.8, 4) is 22.6 Å². The van der Waals surface area contributed by atoms with E-state index in [1.807, 2.05) is 50.2 Å². The Bertz CT molecular complexity index is 993. The summed E-state index contributed by atoms with van der Waals surface area (Å²) in [5.74, 6) is 1.60. The number of nitrogens with one attached hydrogen (secondary N) is 2. The lowest BCUT2D eigenvalue weighted by atomic mass is 9.95. The minimum atomic E-state index is -0.0928. The highest BCUT2D eigenvalue weighted by Crippen LogP contribution is 2.38. The molecular formula is C23H24N2O3. The molecule has 0 bridgehead atoms. The molecule has 1 aromatic heterocycles. The van der Waals surface area contributed by atoms with Gasteiger partial charge < -0.3 is 19.8 Å². The van der Waals surface area contributed by atoms with Crippen molar-refractivity contribution in [3.63, 3.8) is 0 Å². The summed E-state index contributed by atoms with van der Waals surface area (Å²) in [6.45, 7) is 5.07. The molecule has 1 amide bonds. The number of carbonyl (C=O) groups excluding carboxylic acids is 1. The third kappa shape index (κ3) is 3.48. The van der Waals surface area contributed by atoms with Gasteiger partial charge in [-0.3, -0.25) is 4.79 Å². The molecule has 0 fully saturated rings. The van der Waals surface area contributed by atoms with Gasteiger partial charge in [0.25, 0.3) is 5.91 Å². The van der Waals surface area contributed by atoms with Gasteiger partial charge in [-0.1, -0.05) is 24.3 Å². The second-order valence-corrected chi connectivity index (χ2v) is 6.86.